The molecule has 2 radical (unpaired) electrons. The van der Waals surface area contributed by atoms with E-state index < -0.39 is 0 Å². The van der Waals surface area contributed by atoms with Crippen LogP contribution in [0, 0.1) is 0 Å². The third-order valence-corrected chi connectivity index (χ3v) is 1.10. The van der Waals surface area contributed by atoms with Crippen molar-refractivity contribution in [2.45, 2.75) is 24.9 Å². The summed E-state index contributed by atoms with van der Waals surface area (Å²) in [6.45, 7) is 4.79. The Kier molecular flexibility index (Phi) is 5.69. The van der Waals surface area contributed by atoms with E-state index in [0.29, 0.717) is 5.25 Å². The minimum Gasteiger partial charge on any atom is -0.392 e. The highest BCUT2D eigenvalue weighted by molar-refractivity contribution is 7.81. The van der Waals surface area contributed by atoms with Crippen LogP contribution in [0.1, 0.15) is 13.8 Å². The predicted octanol–water partition coefficient (Wildman–Crippen LogP) is 1.38. The molecule has 0 aliphatic carbocycles. The Labute approximate surface area is 70.1 Å². The molecule has 1 nitrogen and oxygen atoms in total. The smallest absolute Gasteiger partial charge is 0.0719 e. The predicted molar refractivity (Wildman–Crippen MR) is 50.8 cm³/mol. The maximum Gasteiger partial charge on any atom is 0.0719 e. The van der Waals surface area contributed by atoms with Crippen molar-refractivity contribution in [2.75, 3.05) is 6.54 Å². The van der Waals surface area contributed by atoms with Crippen molar-refractivity contribution in [1.29, 1.82) is 0 Å². The molecule has 0 aliphatic rings. The van der Waals surface area contributed by atoms with Crippen LogP contribution in [-0.2, 0) is 0 Å². The molecule has 0 amide bonds. The lowest BCUT2D eigenvalue weighted by Crippen LogP contribution is -2.11. The van der Waals surface area contributed by atoms with Crippen LogP contribution in [0.4, 0.5) is 0 Å². The molecule has 10 heavy (non-hydrogen) atoms. The summed E-state index contributed by atoms with van der Waals surface area (Å²) in [6.07, 6.45) is 3.87. The summed E-state index contributed by atoms with van der Waals surface area (Å²) in [5.41, 5.74) is 0. The van der Waals surface area contributed by atoms with Gasteiger partial charge >= 0.3 is 0 Å². The average molecular weight is 155 g/mol. The van der Waals surface area contributed by atoms with Crippen molar-refractivity contribution in [1.82, 2.24) is 5.32 Å². The number of thiol groups is 1. The van der Waals surface area contributed by atoms with Crippen molar-refractivity contribution in [3.05, 3.63) is 12.3 Å². The first-order valence-corrected chi connectivity index (χ1v) is 3.98. The van der Waals surface area contributed by atoms with Crippen LogP contribution in [0.3, 0.4) is 0 Å². The van der Waals surface area contributed by atoms with Crippen molar-refractivity contribution in [2.24, 2.45) is 0 Å². The summed E-state index contributed by atoms with van der Waals surface area (Å²) < 4.78 is 0. The van der Waals surface area contributed by atoms with Gasteiger partial charge in [0.25, 0.3) is 0 Å². The molecule has 0 heterocycles. The van der Waals surface area contributed by atoms with Gasteiger partial charge in [-0.15, -0.1) is 0 Å². The van der Waals surface area contributed by atoms with Gasteiger partial charge in [-0.05, 0) is 13.1 Å². The highest BCUT2D eigenvalue weighted by atomic mass is 32.1. The van der Waals surface area contributed by atoms with Crippen LogP contribution in [0.15, 0.2) is 12.3 Å². The molecule has 1 N–H and O–H groups in total. The van der Waals surface area contributed by atoms with Crippen molar-refractivity contribution < 1.29 is 0 Å². The zero-order chi connectivity index (χ0) is 7.98. The molecule has 3 heteroatoms. The second-order valence-corrected chi connectivity index (χ2v) is 3.30. The van der Waals surface area contributed by atoms with E-state index in [4.69, 9.17) is 7.85 Å². The maximum absolute atomic E-state index is 5.49. The summed E-state index contributed by atoms with van der Waals surface area (Å²) in [6, 6.07) is 0. The molecule has 2 atom stereocenters. The molecule has 0 rings (SSSR count). The van der Waals surface area contributed by atoms with E-state index in [1.54, 1.807) is 0 Å². The largest absolute Gasteiger partial charge is 0.392 e. The molecule has 0 saturated carbocycles. The normalized spacial score (nSPS) is 17.1. The molecular weight excluding hydrogens is 141 g/mol. The van der Waals surface area contributed by atoms with Crippen LogP contribution >= 0.6 is 12.6 Å². The van der Waals surface area contributed by atoms with Gasteiger partial charge in [-0.1, -0.05) is 18.8 Å². The number of hydrogen-bond donors (Lipinski definition) is 2. The topological polar surface area (TPSA) is 12.0 Å². The zero-order valence-corrected chi connectivity index (χ0v) is 7.44. The number of nitrogens with one attached hydrogen (secondary N) is 1. The van der Waals surface area contributed by atoms with Crippen LogP contribution in [-0.4, -0.2) is 19.6 Å². The Morgan fingerprint density at radius 2 is 2.20 bits per heavy atom. The third kappa shape index (κ3) is 7.95. The Morgan fingerprint density at radius 1 is 1.60 bits per heavy atom. The van der Waals surface area contributed by atoms with Gasteiger partial charge in [-0.2, -0.15) is 12.6 Å². The molecule has 56 valence electrons. The van der Waals surface area contributed by atoms with Crippen molar-refractivity contribution in [3.8, 4) is 0 Å². The average Bonchev–Trinajstić information content (AvgIpc) is 1.79. The minimum absolute atomic E-state index is 0.208. The van der Waals surface area contributed by atoms with Gasteiger partial charge in [0.1, 0.15) is 0 Å². The fourth-order valence-electron chi connectivity index (χ4n) is 0.461. The molecule has 0 aromatic heterocycles. The van der Waals surface area contributed by atoms with Crippen LogP contribution in [0.25, 0.3) is 0 Å². The molecular formula is C7H14BNS. The lowest BCUT2D eigenvalue weighted by atomic mass is 9.90. The third-order valence-electron chi connectivity index (χ3n) is 0.932. The summed E-state index contributed by atoms with van der Waals surface area (Å²) in [5.74, 6) is 0.208. The highest BCUT2D eigenvalue weighted by Gasteiger charge is 1.88. The van der Waals surface area contributed by atoms with Crippen LogP contribution < -0.4 is 5.32 Å². The summed E-state index contributed by atoms with van der Waals surface area (Å²) >= 11 is 4.16. The second kappa shape index (κ2) is 5.72. The first-order valence-electron chi connectivity index (χ1n) is 3.46. The Bertz CT molecular complexity index is 102. The SMILES string of the molecule is [B]C(C)CN/C=C\C(C)S. The molecule has 0 aromatic carbocycles. The van der Waals surface area contributed by atoms with E-state index in [1.165, 1.54) is 0 Å². The van der Waals surface area contributed by atoms with E-state index in [1.807, 2.05) is 26.1 Å². The Balaban J connectivity index is 3.19. The summed E-state index contributed by atoms with van der Waals surface area (Å²) in [5, 5.41) is 3.37. The standard InChI is InChI=1S/C7H14BNS/c1-6(8)5-9-4-3-7(2)10/h3-4,6-7,9-10H,5H2,1-2H3/b4-3-. The van der Waals surface area contributed by atoms with Gasteiger partial charge in [-0.25, -0.2) is 0 Å². The molecule has 0 bridgehead atoms. The molecule has 2 unspecified atom stereocenters. The van der Waals surface area contributed by atoms with Gasteiger partial charge in [-0.3, -0.25) is 0 Å². The first kappa shape index (κ1) is 9.95. The highest BCUT2D eigenvalue weighted by Crippen LogP contribution is 1.93. The Hall–Kier alpha value is -0.0451. The molecule has 0 aliphatic heterocycles. The number of hydrogen-bond acceptors (Lipinski definition) is 2. The molecule has 0 saturated heterocycles. The van der Waals surface area contributed by atoms with Crippen LogP contribution in [0.2, 0.25) is 5.82 Å². The van der Waals surface area contributed by atoms with Crippen LogP contribution in [0.5, 0.6) is 0 Å². The van der Waals surface area contributed by atoms with E-state index in [-0.39, 0.29) is 5.82 Å². The second-order valence-electron chi connectivity index (χ2n) is 2.49. The zero-order valence-electron chi connectivity index (χ0n) is 6.54. The lowest BCUT2D eigenvalue weighted by Gasteiger charge is -2.03. The van der Waals surface area contributed by atoms with E-state index in [2.05, 4.69) is 17.9 Å². The van der Waals surface area contributed by atoms with Crippen molar-refractivity contribution >= 4 is 20.5 Å². The maximum atomic E-state index is 5.49. The van der Waals surface area contributed by atoms with E-state index >= 15 is 0 Å². The number of rotatable bonds is 4. The minimum atomic E-state index is 0.208. The van der Waals surface area contributed by atoms with Gasteiger partial charge in [0, 0.05) is 11.8 Å². The van der Waals surface area contributed by atoms with Gasteiger partial charge in [0.05, 0.1) is 7.85 Å². The Morgan fingerprint density at radius 3 is 2.60 bits per heavy atom. The van der Waals surface area contributed by atoms with E-state index in [9.17, 15) is 0 Å². The van der Waals surface area contributed by atoms with Crippen molar-refractivity contribution in [3.63, 3.8) is 0 Å². The van der Waals surface area contributed by atoms with Gasteiger partial charge in [0.2, 0.25) is 0 Å². The summed E-state index contributed by atoms with van der Waals surface area (Å²) in [7, 11) is 5.49. The first-order chi connectivity index (χ1) is 4.63. The molecule has 0 aromatic rings. The fraction of sp³-hybridized carbons (Fsp3) is 0.714. The monoisotopic (exact) mass is 155 g/mol. The molecule has 0 spiro atoms. The summed E-state index contributed by atoms with van der Waals surface area (Å²) in [4.78, 5) is 0. The van der Waals surface area contributed by atoms with Gasteiger partial charge < -0.3 is 5.32 Å². The van der Waals surface area contributed by atoms with E-state index in [0.717, 1.165) is 6.54 Å². The van der Waals surface area contributed by atoms with Gasteiger partial charge in [0.15, 0.2) is 0 Å². The molecule has 0 fully saturated rings. The lowest BCUT2D eigenvalue weighted by molar-refractivity contribution is 0.804. The fourth-order valence-corrected chi connectivity index (χ4v) is 0.547. The quantitative estimate of drug-likeness (QED) is 0.461.